The molecular formula is C4H2Cl2F4O3. The second kappa shape index (κ2) is 3.14. The van der Waals surface area contributed by atoms with Crippen molar-refractivity contribution in [1.29, 1.82) is 0 Å². The first-order valence-corrected chi connectivity index (χ1v) is 3.29. The van der Waals surface area contributed by atoms with Gasteiger partial charge in [0, 0.05) is 0 Å². The van der Waals surface area contributed by atoms with E-state index in [-0.39, 0.29) is 0 Å². The van der Waals surface area contributed by atoms with E-state index >= 15 is 0 Å². The summed E-state index contributed by atoms with van der Waals surface area (Å²) in [5, 5.41) is 6.14. The summed E-state index contributed by atoms with van der Waals surface area (Å²) in [6, 6.07) is 0. The lowest BCUT2D eigenvalue weighted by Gasteiger charge is -2.30. The third-order valence-corrected chi connectivity index (χ3v) is 1.68. The zero-order valence-corrected chi connectivity index (χ0v) is 7.08. The van der Waals surface area contributed by atoms with Gasteiger partial charge >= 0.3 is 22.3 Å². The molecule has 3 nitrogen and oxygen atoms in total. The maximum absolute atomic E-state index is 12.1. The maximum atomic E-state index is 12.1. The summed E-state index contributed by atoms with van der Waals surface area (Å²) in [5.41, 5.74) is -4.84. The van der Waals surface area contributed by atoms with Crippen molar-refractivity contribution in [2.24, 2.45) is 0 Å². The molecule has 0 spiro atoms. The van der Waals surface area contributed by atoms with Crippen LogP contribution in [0, 0.1) is 0 Å². The van der Waals surface area contributed by atoms with Crippen molar-refractivity contribution in [2.45, 2.75) is 16.4 Å². The molecule has 0 aromatic carbocycles. The van der Waals surface area contributed by atoms with E-state index in [2.05, 4.69) is 23.2 Å². The van der Waals surface area contributed by atoms with E-state index in [0.717, 1.165) is 0 Å². The van der Waals surface area contributed by atoms with Gasteiger partial charge in [-0.25, -0.2) is 4.79 Å². The Morgan fingerprint density at radius 1 is 1.08 bits per heavy atom. The SMILES string of the molecule is O=C(O)C(O)(C(F)(F)Cl)C(F)(F)Cl. The van der Waals surface area contributed by atoms with E-state index in [0.29, 0.717) is 0 Å². The first kappa shape index (κ1) is 12.7. The van der Waals surface area contributed by atoms with Crippen LogP contribution in [0.4, 0.5) is 17.6 Å². The number of carbonyl (C=O) groups is 1. The fraction of sp³-hybridized carbons (Fsp3) is 0.750. The summed E-state index contributed by atoms with van der Waals surface area (Å²) in [6.45, 7) is 0. The quantitative estimate of drug-likeness (QED) is 0.584. The lowest BCUT2D eigenvalue weighted by molar-refractivity contribution is -0.228. The summed E-state index contributed by atoms with van der Waals surface area (Å²) in [5.74, 6) is -2.92. The molecular weight excluding hydrogens is 243 g/mol. The molecule has 78 valence electrons. The van der Waals surface area contributed by atoms with Crippen molar-refractivity contribution < 1.29 is 32.6 Å². The van der Waals surface area contributed by atoms with Crippen LogP contribution in [0.2, 0.25) is 0 Å². The van der Waals surface area contributed by atoms with Gasteiger partial charge < -0.3 is 10.2 Å². The van der Waals surface area contributed by atoms with Gasteiger partial charge in [-0.2, -0.15) is 17.6 Å². The predicted molar refractivity (Wildman–Crippen MR) is 34.2 cm³/mol. The van der Waals surface area contributed by atoms with Crippen molar-refractivity contribution in [3.8, 4) is 0 Å². The van der Waals surface area contributed by atoms with Crippen LogP contribution in [0.5, 0.6) is 0 Å². The van der Waals surface area contributed by atoms with E-state index in [4.69, 9.17) is 10.2 Å². The summed E-state index contributed by atoms with van der Waals surface area (Å²) < 4.78 is 48.4. The van der Waals surface area contributed by atoms with Gasteiger partial charge in [-0.1, -0.05) is 0 Å². The minimum atomic E-state index is -5.09. The highest BCUT2D eigenvalue weighted by atomic mass is 35.5. The molecule has 0 aliphatic carbocycles. The number of halogens is 6. The topological polar surface area (TPSA) is 57.5 Å². The third-order valence-electron chi connectivity index (χ3n) is 1.13. The van der Waals surface area contributed by atoms with Gasteiger partial charge in [0.2, 0.25) is 0 Å². The highest BCUT2D eigenvalue weighted by Crippen LogP contribution is 2.45. The molecule has 13 heavy (non-hydrogen) atoms. The van der Waals surface area contributed by atoms with E-state index in [1.54, 1.807) is 0 Å². The van der Waals surface area contributed by atoms with Crippen LogP contribution >= 0.6 is 23.2 Å². The summed E-state index contributed by atoms with van der Waals surface area (Å²) in [7, 11) is 0. The standard InChI is InChI=1S/C4H2Cl2F4O3/c5-3(7,8)2(13,1(11)12)4(6,9)10/h13H,(H,11,12). The lowest BCUT2D eigenvalue weighted by Crippen LogP contribution is -2.61. The van der Waals surface area contributed by atoms with Crippen LogP contribution in [0.25, 0.3) is 0 Å². The second-order valence-electron chi connectivity index (χ2n) is 2.01. The summed E-state index contributed by atoms with van der Waals surface area (Å²) in [6.07, 6.45) is 0. The van der Waals surface area contributed by atoms with E-state index in [1.165, 1.54) is 0 Å². The molecule has 0 aliphatic heterocycles. The van der Waals surface area contributed by atoms with Crippen molar-refractivity contribution in [2.75, 3.05) is 0 Å². The molecule has 0 heterocycles. The zero-order chi connectivity index (χ0) is 11.1. The Bertz CT molecular complexity index is 206. The molecule has 0 saturated heterocycles. The second-order valence-corrected chi connectivity index (χ2v) is 2.96. The molecule has 0 bridgehead atoms. The Labute approximate surface area is 78.9 Å². The van der Waals surface area contributed by atoms with E-state index in [9.17, 15) is 22.4 Å². The average molecular weight is 245 g/mol. The van der Waals surface area contributed by atoms with Gasteiger partial charge in [-0.15, -0.1) is 0 Å². The monoisotopic (exact) mass is 244 g/mol. The number of rotatable bonds is 3. The zero-order valence-electron chi connectivity index (χ0n) is 5.57. The fourth-order valence-corrected chi connectivity index (χ4v) is 0.851. The first-order valence-electron chi connectivity index (χ1n) is 2.54. The van der Waals surface area contributed by atoms with Gasteiger partial charge in [0.25, 0.3) is 0 Å². The van der Waals surface area contributed by atoms with Gasteiger partial charge in [0.05, 0.1) is 0 Å². The van der Waals surface area contributed by atoms with Gasteiger partial charge in [0.1, 0.15) is 0 Å². The van der Waals surface area contributed by atoms with Crippen LogP contribution in [-0.4, -0.2) is 32.5 Å². The Morgan fingerprint density at radius 2 is 1.31 bits per heavy atom. The molecule has 0 fully saturated rings. The molecule has 0 atom stereocenters. The maximum Gasteiger partial charge on any atom is 0.368 e. The Hall–Kier alpha value is -0.270. The molecule has 0 rings (SSSR count). The van der Waals surface area contributed by atoms with Gasteiger partial charge in [-0.3, -0.25) is 0 Å². The first-order chi connectivity index (χ1) is 5.44. The number of carboxylic acids is 1. The molecule has 2 N–H and O–H groups in total. The van der Waals surface area contributed by atoms with Crippen molar-refractivity contribution in [1.82, 2.24) is 0 Å². The number of hydrogen-bond acceptors (Lipinski definition) is 2. The number of carboxylic acid groups (broad SMARTS) is 1. The Kier molecular flexibility index (Phi) is 3.08. The highest BCUT2D eigenvalue weighted by Gasteiger charge is 2.72. The van der Waals surface area contributed by atoms with E-state index in [1.807, 2.05) is 0 Å². The molecule has 9 heteroatoms. The molecule has 0 aromatic rings. The van der Waals surface area contributed by atoms with Crippen LogP contribution in [0.1, 0.15) is 0 Å². The Morgan fingerprint density at radius 3 is 1.31 bits per heavy atom. The van der Waals surface area contributed by atoms with E-state index < -0.39 is 22.3 Å². The minimum Gasteiger partial charge on any atom is -0.479 e. The predicted octanol–water partition coefficient (Wildman–Crippen LogP) is 1.47. The fourth-order valence-electron chi connectivity index (χ4n) is 0.403. The van der Waals surface area contributed by atoms with Crippen molar-refractivity contribution in [3.05, 3.63) is 0 Å². The van der Waals surface area contributed by atoms with Crippen molar-refractivity contribution >= 4 is 29.2 Å². The minimum absolute atomic E-state index is 2.92. The Balaban J connectivity index is 5.35. The van der Waals surface area contributed by atoms with Crippen LogP contribution < -0.4 is 0 Å². The molecule has 0 aliphatic rings. The van der Waals surface area contributed by atoms with Gasteiger partial charge in [-0.05, 0) is 23.2 Å². The largest absolute Gasteiger partial charge is 0.479 e. The highest BCUT2D eigenvalue weighted by molar-refractivity contribution is 6.29. The van der Waals surface area contributed by atoms with Crippen LogP contribution in [0.3, 0.4) is 0 Å². The molecule has 0 radical (unpaired) electrons. The number of hydrogen-bond donors (Lipinski definition) is 2. The average Bonchev–Trinajstić information content (AvgIpc) is 1.80. The molecule has 0 saturated carbocycles. The normalized spacial score (nSPS) is 14.4. The van der Waals surface area contributed by atoms with Crippen molar-refractivity contribution in [3.63, 3.8) is 0 Å². The van der Waals surface area contributed by atoms with Crippen LogP contribution in [-0.2, 0) is 4.79 Å². The van der Waals surface area contributed by atoms with Gasteiger partial charge in [0.15, 0.2) is 0 Å². The lowest BCUT2D eigenvalue weighted by atomic mass is 10.1. The molecule has 0 unspecified atom stereocenters. The number of aliphatic carboxylic acids is 1. The number of aliphatic hydroxyl groups is 1. The molecule has 0 aromatic heterocycles. The summed E-state index contributed by atoms with van der Waals surface area (Å²) in [4.78, 5) is 9.94. The number of alkyl halides is 6. The third kappa shape index (κ3) is 1.97. The van der Waals surface area contributed by atoms with Crippen LogP contribution in [0.15, 0.2) is 0 Å². The smallest absolute Gasteiger partial charge is 0.368 e. The molecule has 0 amide bonds. The summed E-state index contributed by atoms with van der Waals surface area (Å²) >= 11 is 7.98.